The molecule has 1 N–H and O–H groups in total. The van der Waals surface area contributed by atoms with Gasteiger partial charge in [-0.2, -0.15) is 10.2 Å². The first-order valence-corrected chi connectivity index (χ1v) is 8.98. The van der Waals surface area contributed by atoms with Gasteiger partial charge in [-0.25, -0.2) is 0 Å². The van der Waals surface area contributed by atoms with Gasteiger partial charge >= 0.3 is 0 Å². The maximum atomic E-state index is 6.16. The third-order valence-electron chi connectivity index (χ3n) is 4.22. The summed E-state index contributed by atoms with van der Waals surface area (Å²) in [6, 6.07) is 8.29. The molecule has 0 saturated carbocycles. The van der Waals surface area contributed by atoms with Crippen molar-refractivity contribution in [3.63, 3.8) is 0 Å². The Morgan fingerprint density at radius 3 is 2.73 bits per heavy atom. The molecule has 0 aliphatic heterocycles. The van der Waals surface area contributed by atoms with Crippen LogP contribution in [0.1, 0.15) is 16.8 Å². The molecule has 0 unspecified atom stereocenters. The lowest BCUT2D eigenvalue weighted by molar-refractivity contribution is 0.482. The van der Waals surface area contributed by atoms with Gasteiger partial charge in [0.1, 0.15) is 0 Å². The molecule has 3 rings (SSSR count). The summed E-state index contributed by atoms with van der Waals surface area (Å²) in [6.07, 6.45) is 5.36. The fourth-order valence-corrected chi connectivity index (χ4v) is 3.01. The number of aromatic nitrogens is 4. The van der Waals surface area contributed by atoms with Gasteiger partial charge < -0.3 is 10.2 Å². The molecule has 1 aromatic carbocycles. The second-order valence-electron chi connectivity index (χ2n) is 6.20. The van der Waals surface area contributed by atoms with Crippen molar-refractivity contribution in [2.45, 2.75) is 20.0 Å². The summed E-state index contributed by atoms with van der Waals surface area (Å²) in [7, 11) is 3.78. The largest absolute Gasteiger partial charge is 0.346 e. The molecule has 0 fully saturated rings. The van der Waals surface area contributed by atoms with Crippen molar-refractivity contribution < 1.29 is 0 Å². The van der Waals surface area contributed by atoms with Crippen LogP contribution in [0.5, 0.6) is 0 Å². The van der Waals surface area contributed by atoms with Gasteiger partial charge in [0.25, 0.3) is 0 Å². The van der Waals surface area contributed by atoms with Crippen molar-refractivity contribution in [3.8, 4) is 0 Å². The lowest BCUT2D eigenvalue weighted by Gasteiger charge is -2.20. The summed E-state index contributed by atoms with van der Waals surface area (Å²) in [5, 5.41) is 13.0. The summed E-state index contributed by atoms with van der Waals surface area (Å²) >= 11 is 11.6. The highest BCUT2D eigenvalue weighted by atomic mass is 35.5. The number of anilines is 1. The smallest absolute Gasteiger partial charge is 0.173 e. The first kappa shape index (κ1) is 18.4. The highest BCUT2D eigenvalue weighted by molar-refractivity contribution is 7.80. The number of rotatable bonds is 5. The van der Waals surface area contributed by atoms with E-state index in [1.165, 1.54) is 11.1 Å². The van der Waals surface area contributed by atoms with E-state index in [4.69, 9.17) is 23.8 Å². The monoisotopic (exact) mass is 388 g/mol. The van der Waals surface area contributed by atoms with E-state index in [2.05, 4.69) is 34.6 Å². The maximum absolute atomic E-state index is 6.16. The fraction of sp³-hybridized carbons (Fsp3) is 0.278. The summed E-state index contributed by atoms with van der Waals surface area (Å²) in [5.74, 6) is 0. The van der Waals surface area contributed by atoms with Crippen molar-refractivity contribution in [1.29, 1.82) is 0 Å². The number of halogens is 1. The zero-order valence-corrected chi connectivity index (χ0v) is 16.6. The van der Waals surface area contributed by atoms with E-state index in [1.54, 1.807) is 17.1 Å². The second-order valence-corrected chi connectivity index (χ2v) is 7.00. The molecule has 0 amide bonds. The molecule has 136 valence electrons. The van der Waals surface area contributed by atoms with Gasteiger partial charge in [-0.05, 0) is 30.3 Å². The van der Waals surface area contributed by atoms with E-state index < -0.39 is 0 Å². The summed E-state index contributed by atoms with van der Waals surface area (Å²) in [6.45, 7) is 3.39. The summed E-state index contributed by atoms with van der Waals surface area (Å²) in [4.78, 5) is 1.91. The van der Waals surface area contributed by atoms with Crippen LogP contribution in [-0.2, 0) is 20.1 Å². The van der Waals surface area contributed by atoms with Crippen LogP contribution < -0.4 is 5.32 Å². The van der Waals surface area contributed by atoms with Crippen molar-refractivity contribution in [2.75, 3.05) is 12.4 Å². The molecule has 0 spiro atoms. The first-order valence-electron chi connectivity index (χ1n) is 8.19. The van der Waals surface area contributed by atoms with Crippen molar-refractivity contribution in [2.24, 2.45) is 7.05 Å². The number of nitrogens with one attached hydrogen (secondary N) is 1. The van der Waals surface area contributed by atoms with E-state index in [0.717, 1.165) is 17.9 Å². The Hall–Kier alpha value is -2.38. The standard InChI is InChI=1S/C18H21ClN6S/c1-13-6-4-5-7-14(13)10-25-11-15(8-21-25)22-18(26)23(2)12-17-16(19)9-20-24(17)3/h4-9,11H,10,12H2,1-3H3,(H,22,26). The number of benzene rings is 1. The van der Waals surface area contributed by atoms with Crippen molar-refractivity contribution >= 4 is 34.6 Å². The number of hydrogen-bond acceptors (Lipinski definition) is 3. The van der Waals surface area contributed by atoms with Gasteiger partial charge in [-0.3, -0.25) is 9.36 Å². The van der Waals surface area contributed by atoms with Crippen LogP contribution in [0.2, 0.25) is 5.02 Å². The average Bonchev–Trinajstić information content (AvgIpc) is 3.18. The van der Waals surface area contributed by atoms with Crippen LogP contribution in [0.3, 0.4) is 0 Å². The first-order chi connectivity index (χ1) is 12.4. The summed E-state index contributed by atoms with van der Waals surface area (Å²) in [5.41, 5.74) is 4.26. The lowest BCUT2D eigenvalue weighted by atomic mass is 10.1. The van der Waals surface area contributed by atoms with Crippen molar-refractivity contribution in [3.05, 3.63) is 64.7 Å². The fourth-order valence-electron chi connectivity index (χ4n) is 2.61. The number of nitrogens with zero attached hydrogens (tertiary/aromatic N) is 5. The molecule has 26 heavy (non-hydrogen) atoms. The van der Waals surface area contributed by atoms with Crippen LogP contribution >= 0.6 is 23.8 Å². The number of thiocarbonyl (C=S) groups is 1. The molecule has 0 aliphatic rings. The molecular weight excluding hydrogens is 368 g/mol. The van der Waals surface area contributed by atoms with Gasteiger partial charge in [-0.1, -0.05) is 35.9 Å². The quantitative estimate of drug-likeness (QED) is 0.678. The van der Waals surface area contributed by atoms with Gasteiger partial charge in [0.2, 0.25) is 0 Å². The van der Waals surface area contributed by atoms with E-state index in [0.29, 0.717) is 16.7 Å². The second kappa shape index (κ2) is 7.88. The molecular formula is C18H21ClN6S. The Kier molecular flexibility index (Phi) is 5.58. The summed E-state index contributed by atoms with van der Waals surface area (Å²) < 4.78 is 3.65. The van der Waals surface area contributed by atoms with E-state index in [1.807, 2.05) is 42.0 Å². The minimum Gasteiger partial charge on any atom is -0.346 e. The van der Waals surface area contributed by atoms with Crippen molar-refractivity contribution in [1.82, 2.24) is 24.5 Å². The van der Waals surface area contributed by atoms with Gasteiger partial charge in [-0.15, -0.1) is 0 Å². The number of aryl methyl sites for hydroxylation is 2. The number of hydrogen-bond donors (Lipinski definition) is 1. The molecule has 0 aliphatic carbocycles. The predicted octanol–water partition coefficient (Wildman–Crippen LogP) is 3.46. The third kappa shape index (κ3) is 4.23. The highest BCUT2D eigenvalue weighted by Gasteiger charge is 2.12. The molecule has 3 aromatic rings. The van der Waals surface area contributed by atoms with E-state index in [9.17, 15) is 0 Å². The topological polar surface area (TPSA) is 50.9 Å². The van der Waals surface area contributed by atoms with Gasteiger partial charge in [0.15, 0.2) is 5.11 Å². The Balaban J connectivity index is 1.61. The molecule has 2 heterocycles. The zero-order chi connectivity index (χ0) is 18.7. The van der Waals surface area contributed by atoms with E-state index >= 15 is 0 Å². The Bertz CT molecular complexity index is 897. The molecule has 0 radical (unpaired) electrons. The normalized spacial score (nSPS) is 10.8. The molecule has 6 nitrogen and oxygen atoms in total. The molecule has 0 saturated heterocycles. The van der Waals surface area contributed by atoms with Crippen LogP contribution in [0.15, 0.2) is 42.9 Å². The minimum atomic E-state index is 0.568. The molecule has 8 heteroatoms. The third-order valence-corrected chi connectivity index (χ3v) is 4.95. The Labute approximate surface area is 163 Å². The SMILES string of the molecule is Cc1ccccc1Cn1cc(NC(=S)N(C)Cc2c(Cl)cnn2C)cn1. The van der Waals surface area contributed by atoms with Crippen LogP contribution in [0.4, 0.5) is 5.69 Å². The zero-order valence-electron chi connectivity index (χ0n) is 15.0. The molecule has 0 atom stereocenters. The van der Waals surface area contributed by atoms with Gasteiger partial charge in [0, 0.05) is 20.3 Å². The van der Waals surface area contributed by atoms with Crippen LogP contribution in [0, 0.1) is 6.92 Å². The minimum absolute atomic E-state index is 0.568. The maximum Gasteiger partial charge on any atom is 0.173 e. The van der Waals surface area contributed by atoms with Crippen LogP contribution in [-0.4, -0.2) is 36.6 Å². The highest BCUT2D eigenvalue weighted by Crippen LogP contribution is 2.17. The Morgan fingerprint density at radius 2 is 2.04 bits per heavy atom. The van der Waals surface area contributed by atoms with Gasteiger partial charge in [0.05, 0.1) is 41.9 Å². The Morgan fingerprint density at radius 1 is 1.27 bits per heavy atom. The van der Waals surface area contributed by atoms with E-state index in [-0.39, 0.29) is 0 Å². The average molecular weight is 389 g/mol. The van der Waals surface area contributed by atoms with Crippen LogP contribution in [0.25, 0.3) is 0 Å². The molecule has 2 aromatic heterocycles. The predicted molar refractivity (Wildman–Crippen MR) is 108 cm³/mol. The lowest BCUT2D eigenvalue weighted by Crippen LogP contribution is -2.31. The molecule has 0 bridgehead atoms.